The molecule has 3 rings (SSSR count). The molecule has 0 spiro atoms. The van der Waals surface area contributed by atoms with Crippen molar-refractivity contribution in [2.24, 2.45) is 0 Å². The Labute approximate surface area is 136 Å². The molecule has 1 aliphatic rings. The van der Waals surface area contributed by atoms with Crippen molar-refractivity contribution in [3.63, 3.8) is 0 Å². The topological polar surface area (TPSA) is 119 Å². The van der Waals surface area contributed by atoms with Crippen LogP contribution in [0.4, 0.5) is 10.5 Å². The quantitative estimate of drug-likeness (QED) is 0.519. The van der Waals surface area contributed by atoms with Crippen LogP contribution in [0.5, 0.6) is 0 Å². The number of nitro groups is 1. The number of aryl methyl sites for hydroxylation is 1. The van der Waals surface area contributed by atoms with Gasteiger partial charge in [0.2, 0.25) is 0 Å². The maximum atomic E-state index is 12.7. The Balaban J connectivity index is 1.92. The number of rotatable bonds is 4. The Bertz CT molecular complexity index is 846. The Hall–Kier alpha value is -3.23. The largest absolute Gasteiger partial charge is 0.359 e. The summed E-state index contributed by atoms with van der Waals surface area (Å²) in [6.45, 7) is 3.18. The van der Waals surface area contributed by atoms with Gasteiger partial charge in [-0.1, -0.05) is 17.3 Å². The molecule has 24 heavy (non-hydrogen) atoms. The van der Waals surface area contributed by atoms with Crippen LogP contribution in [0.25, 0.3) is 0 Å². The third-order valence-corrected chi connectivity index (χ3v) is 3.90. The highest BCUT2D eigenvalue weighted by molar-refractivity contribution is 6.07. The van der Waals surface area contributed by atoms with E-state index in [2.05, 4.69) is 10.5 Å². The first-order valence-electron chi connectivity index (χ1n) is 7.12. The summed E-state index contributed by atoms with van der Waals surface area (Å²) in [5, 5.41) is 17.2. The van der Waals surface area contributed by atoms with E-state index in [4.69, 9.17) is 4.52 Å². The van der Waals surface area contributed by atoms with Crippen LogP contribution in [-0.4, -0.2) is 26.9 Å². The van der Waals surface area contributed by atoms with E-state index >= 15 is 0 Å². The van der Waals surface area contributed by atoms with Crippen molar-refractivity contribution in [1.82, 2.24) is 15.4 Å². The van der Waals surface area contributed by atoms with Gasteiger partial charge in [-0.2, -0.15) is 0 Å². The molecule has 9 nitrogen and oxygen atoms in total. The van der Waals surface area contributed by atoms with Crippen LogP contribution in [0, 0.1) is 17.0 Å². The summed E-state index contributed by atoms with van der Waals surface area (Å²) >= 11 is 0. The summed E-state index contributed by atoms with van der Waals surface area (Å²) < 4.78 is 5.03. The number of benzene rings is 1. The first-order chi connectivity index (χ1) is 11.3. The van der Waals surface area contributed by atoms with E-state index in [1.807, 2.05) is 0 Å². The normalized spacial score (nSPS) is 20.3. The molecule has 0 radical (unpaired) electrons. The second-order valence-corrected chi connectivity index (χ2v) is 5.69. The van der Waals surface area contributed by atoms with Gasteiger partial charge in [-0.25, -0.2) is 4.79 Å². The van der Waals surface area contributed by atoms with Crippen molar-refractivity contribution in [2.75, 3.05) is 0 Å². The second-order valence-electron chi connectivity index (χ2n) is 5.69. The van der Waals surface area contributed by atoms with Gasteiger partial charge in [0.15, 0.2) is 5.76 Å². The summed E-state index contributed by atoms with van der Waals surface area (Å²) in [4.78, 5) is 36.3. The summed E-state index contributed by atoms with van der Waals surface area (Å²) in [6.07, 6.45) is 0. The Kier molecular flexibility index (Phi) is 3.55. The fourth-order valence-electron chi connectivity index (χ4n) is 2.61. The van der Waals surface area contributed by atoms with Crippen LogP contribution in [-0.2, 0) is 16.9 Å². The molecular weight excluding hydrogens is 316 g/mol. The lowest BCUT2D eigenvalue weighted by Gasteiger charge is -2.21. The van der Waals surface area contributed by atoms with Crippen molar-refractivity contribution in [2.45, 2.75) is 25.9 Å². The molecule has 1 aliphatic heterocycles. The number of nitro benzene ring substituents is 1. The van der Waals surface area contributed by atoms with Gasteiger partial charge < -0.3 is 9.84 Å². The molecule has 1 unspecified atom stereocenters. The van der Waals surface area contributed by atoms with Gasteiger partial charge >= 0.3 is 6.03 Å². The minimum atomic E-state index is -1.38. The van der Waals surface area contributed by atoms with Gasteiger partial charge in [0.1, 0.15) is 5.54 Å². The summed E-state index contributed by atoms with van der Waals surface area (Å²) in [5.41, 5.74) is -0.553. The number of non-ortho nitro benzene ring substituents is 1. The van der Waals surface area contributed by atoms with Crippen molar-refractivity contribution >= 4 is 17.6 Å². The maximum Gasteiger partial charge on any atom is 0.325 e. The molecule has 1 fully saturated rings. The van der Waals surface area contributed by atoms with E-state index in [-0.39, 0.29) is 12.2 Å². The molecule has 0 saturated carbocycles. The van der Waals surface area contributed by atoms with Crippen molar-refractivity contribution in [1.29, 1.82) is 0 Å². The number of amides is 3. The fourth-order valence-corrected chi connectivity index (χ4v) is 2.61. The smallest absolute Gasteiger partial charge is 0.325 e. The van der Waals surface area contributed by atoms with Crippen molar-refractivity contribution < 1.29 is 19.0 Å². The average molecular weight is 330 g/mol. The van der Waals surface area contributed by atoms with Crippen molar-refractivity contribution in [3.05, 3.63) is 57.5 Å². The zero-order valence-corrected chi connectivity index (χ0v) is 13.0. The predicted octanol–water partition coefficient (Wildman–Crippen LogP) is 1.86. The number of hydrogen-bond donors (Lipinski definition) is 1. The van der Waals surface area contributed by atoms with Gasteiger partial charge in [0, 0.05) is 18.2 Å². The van der Waals surface area contributed by atoms with Gasteiger partial charge in [0.05, 0.1) is 17.2 Å². The van der Waals surface area contributed by atoms with Crippen LogP contribution >= 0.6 is 0 Å². The van der Waals surface area contributed by atoms with Gasteiger partial charge in [-0.3, -0.25) is 19.8 Å². The molecule has 124 valence electrons. The highest BCUT2D eigenvalue weighted by atomic mass is 16.6. The zero-order valence-electron chi connectivity index (χ0n) is 13.0. The van der Waals surface area contributed by atoms with Crippen LogP contribution < -0.4 is 5.32 Å². The minimum Gasteiger partial charge on any atom is -0.359 e. The van der Waals surface area contributed by atoms with E-state index in [0.29, 0.717) is 17.0 Å². The van der Waals surface area contributed by atoms with E-state index in [9.17, 15) is 19.7 Å². The van der Waals surface area contributed by atoms with Crippen LogP contribution in [0.2, 0.25) is 0 Å². The Morgan fingerprint density at radius 1 is 1.38 bits per heavy atom. The van der Waals surface area contributed by atoms with Crippen LogP contribution in [0.15, 0.2) is 34.9 Å². The minimum absolute atomic E-state index is 0.0595. The molecule has 1 atom stereocenters. The van der Waals surface area contributed by atoms with Gasteiger partial charge in [-0.05, 0) is 19.4 Å². The number of carbonyl (C=O) groups excluding carboxylic acids is 2. The van der Waals surface area contributed by atoms with Crippen molar-refractivity contribution in [3.8, 4) is 0 Å². The third kappa shape index (κ3) is 2.49. The third-order valence-electron chi connectivity index (χ3n) is 3.90. The van der Waals surface area contributed by atoms with Crippen LogP contribution in [0.1, 0.15) is 23.9 Å². The molecule has 1 N–H and O–H groups in total. The lowest BCUT2D eigenvalue weighted by atomic mass is 9.91. The number of imide groups is 1. The molecular formula is C15H14N4O5. The number of hydrogen-bond acceptors (Lipinski definition) is 6. The highest BCUT2D eigenvalue weighted by Crippen LogP contribution is 2.31. The summed E-state index contributed by atoms with van der Waals surface area (Å²) in [7, 11) is 0. The lowest BCUT2D eigenvalue weighted by molar-refractivity contribution is -0.385. The molecule has 1 aromatic carbocycles. The van der Waals surface area contributed by atoms with Gasteiger partial charge in [-0.15, -0.1) is 0 Å². The lowest BCUT2D eigenvalue weighted by Crippen LogP contribution is -2.40. The SMILES string of the molecule is Cc1cc(CN2C(=O)NC(C)(c3cccc([N+](=O)[O-])c3)C2=O)on1. The number of urea groups is 1. The van der Waals surface area contributed by atoms with Crippen LogP contribution in [0.3, 0.4) is 0 Å². The van der Waals surface area contributed by atoms with E-state index < -0.39 is 22.4 Å². The first kappa shape index (κ1) is 15.7. The Morgan fingerprint density at radius 2 is 2.12 bits per heavy atom. The van der Waals surface area contributed by atoms with E-state index in [1.54, 1.807) is 19.1 Å². The summed E-state index contributed by atoms with van der Waals surface area (Å²) in [6, 6.07) is 6.67. The maximum absolute atomic E-state index is 12.7. The highest BCUT2D eigenvalue weighted by Gasteiger charge is 2.49. The number of carbonyl (C=O) groups is 2. The zero-order chi connectivity index (χ0) is 17.5. The second kappa shape index (κ2) is 5.44. The average Bonchev–Trinajstić information content (AvgIpc) is 3.05. The molecule has 1 aromatic heterocycles. The fraction of sp³-hybridized carbons (Fsp3) is 0.267. The Morgan fingerprint density at radius 3 is 2.75 bits per heavy atom. The monoisotopic (exact) mass is 330 g/mol. The molecule has 3 amide bonds. The van der Waals surface area contributed by atoms with E-state index in [1.165, 1.54) is 25.1 Å². The van der Waals surface area contributed by atoms with E-state index in [0.717, 1.165) is 4.90 Å². The molecule has 2 aromatic rings. The first-order valence-corrected chi connectivity index (χ1v) is 7.12. The molecule has 0 bridgehead atoms. The predicted molar refractivity (Wildman–Crippen MR) is 80.8 cm³/mol. The number of nitrogens with zero attached hydrogens (tertiary/aromatic N) is 3. The summed E-state index contributed by atoms with van der Waals surface area (Å²) in [5.74, 6) is -0.138. The number of nitrogens with one attached hydrogen (secondary N) is 1. The molecule has 1 saturated heterocycles. The number of aromatic nitrogens is 1. The van der Waals surface area contributed by atoms with Gasteiger partial charge in [0.25, 0.3) is 11.6 Å². The standard InChI is InChI=1S/C15H14N4O5/c1-9-6-12(24-17-9)8-18-13(20)15(2,16-14(18)21)10-4-3-5-11(7-10)19(22)23/h3-7H,8H2,1-2H3,(H,16,21). The molecule has 9 heteroatoms. The molecule has 0 aliphatic carbocycles. The molecule has 2 heterocycles.